The van der Waals surface area contributed by atoms with Gasteiger partial charge in [0.2, 0.25) is 0 Å². The maximum Gasteiger partial charge on any atom is 0.139 e. The monoisotopic (exact) mass is 267 g/mol. The van der Waals surface area contributed by atoms with E-state index in [0.29, 0.717) is 11.1 Å². The van der Waals surface area contributed by atoms with Crippen molar-refractivity contribution in [2.75, 3.05) is 0 Å². The molecule has 0 saturated carbocycles. The second-order valence-electron chi connectivity index (χ2n) is 4.53. The fourth-order valence-corrected chi connectivity index (χ4v) is 2.25. The average Bonchev–Trinajstić information content (AvgIpc) is 2.50. The zero-order chi connectivity index (χ0) is 14.4. The molecule has 0 fully saturated rings. The zero-order valence-electron chi connectivity index (χ0n) is 11.1. The van der Waals surface area contributed by atoms with Crippen molar-refractivity contribution < 1.29 is 10.3 Å². The predicted molar refractivity (Wildman–Crippen MR) is 79.9 cm³/mol. The molecule has 0 aliphatic heterocycles. The third-order valence-electron chi connectivity index (χ3n) is 3.23. The Morgan fingerprint density at radius 2 is 1.60 bits per heavy atom. The first-order valence-corrected chi connectivity index (χ1v) is 6.39. The van der Waals surface area contributed by atoms with Crippen molar-refractivity contribution in [3.63, 3.8) is 0 Å². The first-order chi connectivity index (χ1) is 9.72. The van der Waals surface area contributed by atoms with Gasteiger partial charge in [-0.3, -0.25) is 0 Å². The number of aliphatic hydroxyl groups is 1. The molecular formula is C17H17NO2. The van der Waals surface area contributed by atoms with Crippen LogP contribution in [0.3, 0.4) is 0 Å². The Morgan fingerprint density at radius 1 is 1.05 bits per heavy atom. The van der Waals surface area contributed by atoms with E-state index >= 15 is 0 Å². The Labute approximate surface area is 118 Å². The molecule has 0 aromatic heterocycles. The van der Waals surface area contributed by atoms with Crippen molar-refractivity contribution in [2.24, 2.45) is 5.16 Å². The van der Waals surface area contributed by atoms with Gasteiger partial charge in [0, 0.05) is 12.0 Å². The quantitative estimate of drug-likeness (QED) is 0.378. The lowest BCUT2D eigenvalue weighted by atomic mass is 9.82. The summed E-state index contributed by atoms with van der Waals surface area (Å²) in [5.41, 5.74) is 0.142. The lowest BCUT2D eigenvalue weighted by Crippen LogP contribution is -2.36. The second kappa shape index (κ2) is 6.17. The average molecular weight is 267 g/mol. The van der Waals surface area contributed by atoms with E-state index in [9.17, 15) is 10.3 Å². The molecule has 0 aliphatic rings. The Hall–Kier alpha value is -2.39. The van der Waals surface area contributed by atoms with Crippen molar-refractivity contribution in [3.05, 3.63) is 84.4 Å². The van der Waals surface area contributed by atoms with Gasteiger partial charge in [-0.2, -0.15) is 0 Å². The van der Waals surface area contributed by atoms with Gasteiger partial charge in [-0.1, -0.05) is 71.9 Å². The van der Waals surface area contributed by atoms with E-state index in [-0.39, 0.29) is 12.1 Å². The van der Waals surface area contributed by atoms with Crippen LogP contribution in [0, 0.1) is 0 Å². The summed E-state index contributed by atoms with van der Waals surface area (Å²) in [6.07, 6.45) is 1.87. The summed E-state index contributed by atoms with van der Waals surface area (Å²) >= 11 is 0. The largest absolute Gasteiger partial charge is 0.411 e. The predicted octanol–water partition coefficient (Wildman–Crippen LogP) is 3.33. The molecular weight excluding hydrogens is 250 g/mol. The van der Waals surface area contributed by atoms with Gasteiger partial charge < -0.3 is 10.3 Å². The minimum Gasteiger partial charge on any atom is -0.411 e. The number of oxime groups is 1. The van der Waals surface area contributed by atoms with Gasteiger partial charge in [0.1, 0.15) is 11.3 Å². The van der Waals surface area contributed by atoms with Gasteiger partial charge in [-0.15, -0.1) is 6.58 Å². The second-order valence-corrected chi connectivity index (χ2v) is 4.53. The Balaban J connectivity index is 2.55. The van der Waals surface area contributed by atoms with Gasteiger partial charge in [-0.05, 0) is 5.56 Å². The summed E-state index contributed by atoms with van der Waals surface area (Å²) in [6, 6.07) is 18.3. The van der Waals surface area contributed by atoms with Gasteiger partial charge in [0.05, 0.1) is 0 Å². The first kappa shape index (κ1) is 14.0. The molecule has 0 amide bonds. The smallest absolute Gasteiger partial charge is 0.139 e. The van der Waals surface area contributed by atoms with Gasteiger partial charge in [0.25, 0.3) is 0 Å². The van der Waals surface area contributed by atoms with Crippen LogP contribution in [0.4, 0.5) is 0 Å². The molecule has 3 heteroatoms. The summed E-state index contributed by atoms with van der Waals surface area (Å²) in [7, 11) is 0. The molecule has 2 aromatic carbocycles. The summed E-state index contributed by atoms with van der Waals surface area (Å²) in [6.45, 7) is 3.68. The van der Waals surface area contributed by atoms with Gasteiger partial charge in [-0.25, -0.2) is 0 Å². The highest BCUT2D eigenvalue weighted by Gasteiger charge is 2.35. The van der Waals surface area contributed by atoms with Crippen LogP contribution < -0.4 is 0 Å². The highest BCUT2D eigenvalue weighted by molar-refractivity contribution is 6.06. The molecule has 2 N–H and O–H groups in total. The maximum atomic E-state index is 11.0. The van der Waals surface area contributed by atoms with E-state index in [1.807, 2.05) is 36.4 Å². The van der Waals surface area contributed by atoms with E-state index in [1.54, 1.807) is 30.3 Å². The lowest BCUT2D eigenvalue weighted by molar-refractivity contribution is 0.110. The third-order valence-corrected chi connectivity index (χ3v) is 3.23. The molecule has 0 bridgehead atoms. The lowest BCUT2D eigenvalue weighted by Gasteiger charge is -2.28. The molecule has 2 aromatic rings. The molecule has 20 heavy (non-hydrogen) atoms. The SMILES string of the molecule is C=CCC(O)(C(=NO)c1ccccc1)c1ccccc1. The van der Waals surface area contributed by atoms with Crippen molar-refractivity contribution >= 4 is 5.71 Å². The van der Waals surface area contributed by atoms with Crippen LogP contribution in [-0.2, 0) is 5.60 Å². The van der Waals surface area contributed by atoms with Gasteiger partial charge in [0.15, 0.2) is 0 Å². The standard InChI is InChI=1S/C17H17NO2/c1-2-13-17(19,15-11-7-4-8-12-15)16(18-20)14-9-5-3-6-10-14/h2-12,19-20H,1,13H2. The molecule has 1 unspecified atom stereocenters. The van der Waals surface area contributed by atoms with E-state index in [0.717, 1.165) is 0 Å². The Kier molecular flexibility index (Phi) is 4.33. The molecule has 102 valence electrons. The van der Waals surface area contributed by atoms with Crippen LogP contribution in [0.5, 0.6) is 0 Å². The fourth-order valence-electron chi connectivity index (χ4n) is 2.25. The first-order valence-electron chi connectivity index (χ1n) is 6.39. The van der Waals surface area contributed by atoms with Crippen LogP contribution >= 0.6 is 0 Å². The van der Waals surface area contributed by atoms with E-state index in [4.69, 9.17) is 0 Å². The molecule has 2 rings (SSSR count). The highest BCUT2D eigenvalue weighted by atomic mass is 16.4. The van der Waals surface area contributed by atoms with E-state index in [1.165, 1.54) is 0 Å². The molecule has 0 spiro atoms. The van der Waals surface area contributed by atoms with Crippen molar-refractivity contribution in [1.82, 2.24) is 0 Å². The summed E-state index contributed by atoms with van der Waals surface area (Å²) < 4.78 is 0. The minimum atomic E-state index is -1.40. The van der Waals surface area contributed by atoms with E-state index < -0.39 is 5.60 Å². The number of benzene rings is 2. The van der Waals surface area contributed by atoms with Crippen molar-refractivity contribution in [2.45, 2.75) is 12.0 Å². The van der Waals surface area contributed by atoms with Crippen molar-refractivity contribution in [1.29, 1.82) is 0 Å². The molecule has 3 nitrogen and oxygen atoms in total. The topological polar surface area (TPSA) is 52.8 Å². The van der Waals surface area contributed by atoms with Crippen LogP contribution in [0.15, 0.2) is 78.5 Å². The fraction of sp³-hybridized carbons (Fsp3) is 0.118. The molecule has 1 atom stereocenters. The number of nitrogens with zero attached hydrogens (tertiary/aromatic N) is 1. The van der Waals surface area contributed by atoms with Crippen molar-refractivity contribution in [3.8, 4) is 0 Å². The summed E-state index contributed by atoms with van der Waals surface area (Å²) in [5, 5.41) is 23.8. The maximum absolute atomic E-state index is 11.0. The molecule has 0 heterocycles. The number of hydrogen-bond acceptors (Lipinski definition) is 3. The van der Waals surface area contributed by atoms with Crippen LogP contribution in [0.2, 0.25) is 0 Å². The van der Waals surface area contributed by atoms with Gasteiger partial charge >= 0.3 is 0 Å². The third kappa shape index (κ3) is 2.63. The normalized spacial score (nSPS) is 14.6. The minimum absolute atomic E-state index is 0.212. The Morgan fingerprint density at radius 3 is 2.10 bits per heavy atom. The summed E-state index contributed by atoms with van der Waals surface area (Å²) in [4.78, 5) is 0. The number of rotatable bonds is 5. The van der Waals surface area contributed by atoms with Crippen LogP contribution in [0.1, 0.15) is 17.5 Å². The highest BCUT2D eigenvalue weighted by Crippen LogP contribution is 2.30. The molecule has 0 radical (unpaired) electrons. The number of hydrogen-bond donors (Lipinski definition) is 2. The Bertz CT molecular complexity index is 593. The molecule has 0 saturated heterocycles. The zero-order valence-corrected chi connectivity index (χ0v) is 11.1. The molecule has 0 aliphatic carbocycles. The van der Waals surface area contributed by atoms with E-state index in [2.05, 4.69) is 11.7 Å². The summed E-state index contributed by atoms with van der Waals surface area (Å²) in [5.74, 6) is 0. The van der Waals surface area contributed by atoms with Crippen LogP contribution in [0.25, 0.3) is 0 Å². The van der Waals surface area contributed by atoms with Crippen LogP contribution in [-0.4, -0.2) is 16.0 Å².